The lowest BCUT2D eigenvalue weighted by Gasteiger charge is -2.22. The summed E-state index contributed by atoms with van der Waals surface area (Å²) < 4.78 is 5.23. The highest BCUT2D eigenvalue weighted by Crippen LogP contribution is 2.32. The van der Waals surface area contributed by atoms with Gasteiger partial charge in [0.1, 0.15) is 17.6 Å². The summed E-state index contributed by atoms with van der Waals surface area (Å²) in [5, 5.41) is 12.5. The Labute approximate surface area is 154 Å². The zero-order chi connectivity index (χ0) is 19.6. The third-order valence-electron chi connectivity index (χ3n) is 4.35. The summed E-state index contributed by atoms with van der Waals surface area (Å²) in [6.45, 7) is 1.63. The van der Waals surface area contributed by atoms with Crippen molar-refractivity contribution in [2.75, 3.05) is 5.32 Å². The van der Waals surface area contributed by atoms with E-state index in [-0.39, 0.29) is 29.8 Å². The van der Waals surface area contributed by atoms with E-state index < -0.39 is 23.8 Å². The van der Waals surface area contributed by atoms with Crippen LogP contribution in [0.1, 0.15) is 46.2 Å². The first-order valence-corrected chi connectivity index (χ1v) is 8.39. The number of hydrogen-bond donors (Lipinski definition) is 2. The molecule has 1 aromatic heterocycles. The van der Waals surface area contributed by atoms with Crippen molar-refractivity contribution in [3.63, 3.8) is 0 Å². The molecule has 1 unspecified atom stereocenters. The molecule has 0 saturated carbocycles. The Bertz CT molecular complexity index is 903. The Morgan fingerprint density at radius 2 is 1.96 bits per heavy atom. The molecule has 8 nitrogen and oxygen atoms in total. The van der Waals surface area contributed by atoms with Gasteiger partial charge in [-0.3, -0.25) is 14.5 Å². The van der Waals surface area contributed by atoms with Gasteiger partial charge in [-0.25, -0.2) is 4.79 Å². The van der Waals surface area contributed by atoms with E-state index in [1.165, 1.54) is 19.3 Å². The first-order chi connectivity index (χ1) is 12.9. The Hall–Kier alpha value is -3.42. The van der Waals surface area contributed by atoms with Crippen LogP contribution in [0, 0.1) is 0 Å². The smallest absolute Gasteiger partial charge is 0.326 e. The average Bonchev–Trinajstić information content (AvgIpc) is 3.22. The number of imide groups is 1. The van der Waals surface area contributed by atoms with Crippen molar-refractivity contribution in [1.82, 2.24) is 4.90 Å². The predicted octanol–water partition coefficient (Wildman–Crippen LogP) is 2.31. The minimum Gasteiger partial charge on any atom is -0.480 e. The fourth-order valence-electron chi connectivity index (χ4n) is 3.03. The van der Waals surface area contributed by atoms with Gasteiger partial charge in [-0.15, -0.1) is 0 Å². The molecule has 27 heavy (non-hydrogen) atoms. The zero-order valence-electron chi connectivity index (χ0n) is 14.6. The third kappa shape index (κ3) is 3.59. The van der Waals surface area contributed by atoms with Crippen molar-refractivity contribution in [2.24, 2.45) is 0 Å². The number of anilines is 1. The topological polar surface area (TPSA) is 117 Å². The summed E-state index contributed by atoms with van der Waals surface area (Å²) in [5.74, 6) is -2.25. The highest BCUT2D eigenvalue weighted by atomic mass is 16.4. The number of Topliss-reactive ketones (excluding diaryl/α,β-unsaturated/α-hetero) is 1. The number of carboxylic acids is 1. The van der Waals surface area contributed by atoms with Gasteiger partial charge in [0.05, 0.1) is 23.9 Å². The number of carboxylic acid groups (broad SMARTS) is 1. The molecule has 1 aromatic carbocycles. The second-order valence-electron chi connectivity index (χ2n) is 6.24. The van der Waals surface area contributed by atoms with Crippen molar-refractivity contribution in [3.05, 3.63) is 53.5 Å². The first kappa shape index (κ1) is 18.4. The number of fused-ring (bicyclic) bond motifs is 1. The van der Waals surface area contributed by atoms with Gasteiger partial charge in [-0.05, 0) is 37.6 Å². The molecule has 0 saturated heterocycles. The van der Waals surface area contributed by atoms with Crippen LogP contribution in [-0.4, -0.2) is 39.6 Å². The Morgan fingerprint density at radius 3 is 2.59 bits per heavy atom. The molecular weight excluding hydrogens is 352 g/mol. The molecule has 0 fully saturated rings. The van der Waals surface area contributed by atoms with Crippen molar-refractivity contribution in [2.45, 2.75) is 32.4 Å². The molecule has 2 heterocycles. The normalized spacial score (nSPS) is 14.2. The van der Waals surface area contributed by atoms with Gasteiger partial charge in [0.2, 0.25) is 0 Å². The first-order valence-electron chi connectivity index (χ1n) is 8.39. The van der Waals surface area contributed by atoms with E-state index in [2.05, 4.69) is 5.32 Å². The van der Waals surface area contributed by atoms with Crippen LogP contribution in [0.3, 0.4) is 0 Å². The minimum atomic E-state index is -1.39. The average molecular weight is 370 g/mol. The second kappa shape index (κ2) is 7.45. The maximum absolute atomic E-state index is 12.9. The predicted molar refractivity (Wildman–Crippen MR) is 94.3 cm³/mol. The van der Waals surface area contributed by atoms with Gasteiger partial charge in [0.15, 0.2) is 0 Å². The van der Waals surface area contributed by atoms with Gasteiger partial charge < -0.3 is 19.6 Å². The molecule has 3 rings (SSSR count). The van der Waals surface area contributed by atoms with E-state index in [4.69, 9.17) is 4.42 Å². The van der Waals surface area contributed by atoms with Crippen LogP contribution in [0.25, 0.3) is 0 Å². The third-order valence-corrected chi connectivity index (χ3v) is 4.35. The van der Waals surface area contributed by atoms with E-state index in [0.717, 1.165) is 4.90 Å². The molecule has 0 bridgehead atoms. The second-order valence-corrected chi connectivity index (χ2v) is 6.24. The van der Waals surface area contributed by atoms with Crippen LogP contribution in [0.2, 0.25) is 0 Å². The summed E-state index contributed by atoms with van der Waals surface area (Å²) >= 11 is 0. The lowest BCUT2D eigenvalue weighted by Crippen LogP contribution is -2.45. The van der Waals surface area contributed by atoms with E-state index in [9.17, 15) is 24.3 Å². The summed E-state index contributed by atoms with van der Waals surface area (Å²) in [6, 6.07) is 6.84. The highest BCUT2D eigenvalue weighted by molar-refractivity contribution is 6.24. The standard InChI is InChI=1S/C19H18N2O6/c1-11(22)7-8-15(19(25)26)21-17(23)13-5-2-6-14(16(13)18(21)24)20-10-12-4-3-9-27-12/h2-6,9,15,20H,7-8,10H2,1H3,(H,25,26). The number of carbonyl (C=O) groups is 4. The van der Waals surface area contributed by atoms with Crippen molar-refractivity contribution in [1.29, 1.82) is 0 Å². The lowest BCUT2D eigenvalue weighted by atomic mass is 10.1. The summed E-state index contributed by atoms with van der Waals surface area (Å²) in [6.07, 6.45) is 1.37. The monoisotopic (exact) mass is 370 g/mol. The molecule has 2 amide bonds. The quantitative estimate of drug-likeness (QED) is 0.685. The van der Waals surface area contributed by atoms with Gasteiger partial charge >= 0.3 is 5.97 Å². The van der Waals surface area contributed by atoms with E-state index in [0.29, 0.717) is 18.0 Å². The largest absolute Gasteiger partial charge is 0.480 e. The molecule has 1 aliphatic heterocycles. The number of nitrogens with zero attached hydrogens (tertiary/aromatic N) is 1. The highest BCUT2D eigenvalue weighted by Gasteiger charge is 2.44. The van der Waals surface area contributed by atoms with Crippen molar-refractivity contribution >= 4 is 29.3 Å². The molecule has 140 valence electrons. The molecule has 0 aliphatic carbocycles. The van der Waals surface area contributed by atoms with Gasteiger partial charge in [-0.2, -0.15) is 0 Å². The molecule has 0 spiro atoms. The van der Waals surface area contributed by atoms with Crippen LogP contribution in [0.5, 0.6) is 0 Å². The zero-order valence-corrected chi connectivity index (χ0v) is 14.6. The number of aliphatic carboxylic acids is 1. The number of rotatable bonds is 8. The maximum atomic E-state index is 12.9. The molecule has 1 atom stereocenters. The minimum absolute atomic E-state index is 0.0338. The van der Waals surface area contributed by atoms with Gasteiger partial charge in [-0.1, -0.05) is 6.07 Å². The number of ketones is 1. The molecule has 8 heteroatoms. The Morgan fingerprint density at radius 1 is 1.19 bits per heavy atom. The van der Waals surface area contributed by atoms with Crippen LogP contribution in [0.15, 0.2) is 41.0 Å². The molecule has 2 N–H and O–H groups in total. The lowest BCUT2D eigenvalue weighted by molar-refractivity contribution is -0.141. The number of carbonyl (C=O) groups excluding carboxylic acids is 3. The molecular formula is C19H18N2O6. The number of benzene rings is 1. The number of furan rings is 1. The maximum Gasteiger partial charge on any atom is 0.326 e. The number of amides is 2. The summed E-state index contributed by atoms with van der Waals surface area (Å²) in [7, 11) is 0. The van der Waals surface area contributed by atoms with Gasteiger partial charge in [0.25, 0.3) is 11.8 Å². The van der Waals surface area contributed by atoms with Crippen LogP contribution in [-0.2, 0) is 16.1 Å². The van der Waals surface area contributed by atoms with E-state index >= 15 is 0 Å². The fraction of sp³-hybridized carbons (Fsp3) is 0.263. The van der Waals surface area contributed by atoms with Crippen LogP contribution < -0.4 is 5.32 Å². The molecule has 0 radical (unpaired) electrons. The number of hydrogen-bond acceptors (Lipinski definition) is 6. The van der Waals surface area contributed by atoms with E-state index in [1.807, 2.05) is 0 Å². The van der Waals surface area contributed by atoms with Crippen LogP contribution in [0.4, 0.5) is 5.69 Å². The Kier molecular flexibility index (Phi) is 5.07. The summed E-state index contributed by atoms with van der Waals surface area (Å²) in [5.41, 5.74) is 0.683. The van der Waals surface area contributed by atoms with Gasteiger partial charge in [0, 0.05) is 12.1 Å². The summed E-state index contributed by atoms with van der Waals surface area (Å²) in [4.78, 5) is 49.1. The van der Waals surface area contributed by atoms with E-state index in [1.54, 1.807) is 24.3 Å². The Balaban J connectivity index is 1.88. The fourth-order valence-corrected chi connectivity index (χ4v) is 3.03. The molecule has 1 aliphatic rings. The van der Waals surface area contributed by atoms with Crippen molar-refractivity contribution in [3.8, 4) is 0 Å². The molecule has 2 aromatic rings. The van der Waals surface area contributed by atoms with Crippen molar-refractivity contribution < 1.29 is 28.7 Å². The van der Waals surface area contributed by atoms with Crippen LogP contribution >= 0.6 is 0 Å². The number of nitrogens with one attached hydrogen (secondary N) is 1. The SMILES string of the molecule is CC(=O)CCC(C(=O)O)N1C(=O)c2cccc(NCc3ccco3)c2C1=O.